The summed E-state index contributed by atoms with van der Waals surface area (Å²) in [4.78, 5) is 37.0. The minimum Gasteiger partial charge on any atom is -0.465 e. The summed E-state index contributed by atoms with van der Waals surface area (Å²) in [6.45, 7) is -0.335. The van der Waals surface area contributed by atoms with E-state index in [1.807, 2.05) is 30.3 Å². The van der Waals surface area contributed by atoms with E-state index in [0.717, 1.165) is 14.8 Å². The van der Waals surface area contributed by atoms with Gasteiger partial charge in [-0.3, -0.25) is 4.79 Å². The summed E-state index contributed by atoms with van der Waals surface area (Å²) >= 11 is 0. The molecule has 0 spiro atoms. The fraction of sp³-hybridized carbons (Fsp3) is 0.0952. The number of para-hydroxylation sites is 1. The molecule has 2 aromatic carbocycles. The Balaban J connectivity index is 1.59. The first-order chi connectivity index (χ1) is 14.6. The first kappa shape index (κ1) is 19.1. The summed E-state index contributed by atoms with van der Waals surface area (Å²) in [7, 11) is 1.26. The van der Waals surface area contributed by atoms with Crippen molar-refractivity contribution >= 4 is 23.2 Å². The number of esters is 1. The molecule has 9 heteroatoms. The van der Waals surface area contributed by atoms with Crippen LogP contribution < -0.4 is 11.0 Å². The molecule has 9 nitrogen and oxygen atoms in total. The highest BCUT2D eigenvalue weighted by Crippen LogP contribution is 2.17. The first-order valence-corrected chi connectivity index (χ1v) is 9.06. The molecule has 4 rings (SSSR count). The quantitative estimate of drug-likeness (QED) is 0.511. The Bertz CT molecular complexity index is 1290. The van der Waals surface area contributed by atoms with Gasteiger partial charge in [-0.2, -0.15) is 9.61 Å². The lowest BCUT2D eigenvalue weighted by atomic mass is 10.1. The van der Waals surface area contributed by atoms with Crippen molar-refractivity contribution in [2.75, 3.05) is 12.4 Å². The number of nitrogens with one attached hydrogen (secondary N) is 1. The number of carbonyl (C=O) groups is 2. The number of hydrogen-bond acceptors (Lipinski definition) is 6. The van der Waals surface area contributed by atoms with E-state index >= 15 is 0 Å². The Morgan fingerprint density at radius 3 is 2.47 bits per heavy atom. The molecule has 0 unspecified atom stereocenters. The molecule has 0 fully saturated rings. The van der Waals surface area contributed by atoms with Crippen molar-refractivity contribution < 1.29 is 14.3 Å². The van der Waals surface area contributed by atoms with Crippen LogP contribution >= 0.6 is 0 Å². The van der Waals surface area contributed by atoms with Crippen molar-refractivity contribution in [2.45, 2.75) is 6.54 Å². The fourth-order valence-corrected chi connectivity index (χ4v) is 2.98. The van der Waals surface area contributed by atoms with Crippen LogP contribution in [0.2, 0.25) is 0 Å². The SMILES string of the molecule is COC(=O)c1ccccc1NC(=O)Cn1nc2ccc(-c3ccccc3)nn2c1=O. The fourth-order valence-electron chi connectivity index (χ4n) is 2.98. The molecule has 1 N–H and O–H groups in total. The molecular weight excluding hydrogens is 386 g/mol. The average molecular weight is 403 g/mol. The summed E-state index contributed by atoms with van der Waals surface area (Å²) in [5, 5.41) is 11.1. The minimum absolute atomic E-state index is 0.213. The van der Waals surface area contributed by atoms with E-state index in [0.29, 0.717) is 11.3 Å². The molecule has 0 aliphatic rings. The number of ether oxygens (including phenoxy) is 1. The van der Waals surface area contributed by atoms with E-state index in [-0.39, 0.29) is 17.8 Å². The van der Waals surface area contributed by atoms with Gasteiger partial charge >= 0.3 is 11.7 Å². The van der Waals surface area contributed by atoms with E-state index in [1.165, 1.54) is 13.2 Å². The van der Waals surface area contributed by atoms with Crippen LogP contribution in [-0.2, 0) is 16.1 Å². The monoisotopic (exact) mass is 403 g/mol. The number of anilines is 1. The van der Waals surface area contributed by atoms with Gasteiger partial charge in [-0.1, -0.05) is 42.5 Å². The molecule has 1 amide bonds. The first-order valence-electron chi connectivity index (χ1n) is 9.06. The maximum absolute atomic E-state index is 12.7. The molecule has 4 aromatic rings. The second-order valence-corrected chi connectivity index (χ2v) is 6.38. The van der Waals surface area contributed by atoms with Crippen LogP contribution in [0.15, 0.2) is 71.5 Å². The van der Waals surface area contributed by atoms with Crippen LogP contribution in [0.4, 0.5) is 5.69 Å². The number of methoxy groups -OCH3 is 1. The van der Waals surface area contributed by atoms with E-state index in [2.05, 4.69) is 15.5 Å². The van der Waals surface area contributed by atoms with Crippen LogP contribution in [0.5, 0.6) is 0 Å². The summed E-state index contributed by atoms with van der Waals surface area (Å²) in [5.41, 5.74) is 1.75. The number of hydrogen-bond donors (Lipinski definition) is 1. The molecule has 30 heavy (non-hydrogen) atoms. The van der Waals surface area contributed by atoms with Gasteiger partial charge in [0, 0.05) is 5.56 Å². The van der Waals surface area contributed by atoms with Gasteiger partial charge in [-0.25, -0.2) is 14.3 Å². The van der Waals surface area contributed by atoms with Crippen molar-refractivity contribution in [2.24, 2.45) is 0 Å². The summed E-state index contributed by atoms with van der Waals surface area (Å²) in [6, 6.07) is 19.3. The number of benzene rings is 2. The number of rotatable bonds is 5. The molecular formula is C21H17N5O4. The smallest absolute Gasteiger partial charge is 0.367 e. The Kier molecular flexibility index (Phi) is 5.08. The lowest BCUT2D eigenvalue weighted by Crippen LogP contribution is -2.29. The number of amides is 1. The number of carbonyl (C=O) groups excluding carboxylic acids is 2. The molecule has 150 valence electrons. The zero-order valence-corrected chi connectivity index (χ0v) is 16.0. The lowest BCUT2D eigenvalue weighted by molar-refractivity contribution is -0.117. The Morgan fingerprint density at radius 2 is 1.70 bits per heavy atom. The van der Waals surface area contributed by atoms with Gasteiger partial charge in [0.05, 0.1) is 24.1 Å². The summed E-state index contributed by atoms with van der Waals surface area (Å²) in [5.74, 6) is -1.09. The summed E-state index contributed by atoms with van der Waals surface area (Å²) < 4.78 is 6.89. The third-order valence-corrected chi connectivity index (χ3v) is 4.41. The average Bonchev–Trinajstić information content (AvgIpc) is 3.08. The van der Waals surface area contributed by atoms with Gasteiger partial charge in [-0.05, 0) is 24.3 Å². The zero-order chi connectivity index (χ0) is 21.1. The molecule has 0 aliphatic carbocycles. The van der Waals surface area contributed by atoms with Gasteiger partial charge in [0.15, 0.2) is 5.65 Å². The van der Waals surface area contributed by atoms with Crippen molar-refractivity contribution in [3.8, 4) is 11.3 Å². The molecule has 0 saturated carbocycles. The van der Waals surface area contributed by atoms with E-state index < -0.39 is 17.6 Å². The highest BCUT2D eigenvalue weighted by atomic mass is 16.5. The molecule has 0 saturated heterocycles. The van der Waals surface area contributed by atoms with Crippen molar-refractivity contribution in [3.63, 3.8) is 0 Å². The van der Waals surface area contributed by atoms with Gasteiger partial charge in [-0.15, -0.1) is 5.10 Å². The zero-order valence-electron chi connectivity index (χ0n) is 16.0. The summed E-state index contributed by atoms with van der Waals surface area (Å²) in [6.07, 6.45) is 0. The highest BCUT2D eigenvalue weighted by molar-refractivity contribution is 6.01. The van der Waals surface area contributed by atoms with Gasteiger partial charge in [0.25, 0.3) is 0 Å². The molecule has 0 radical (unpaired) electrons. The predicted octanol–water partition coefficient (Wildman–Crippen LogP) is 1.98. The second kappa shape index (κ2) is 8.00. The Hall–Kier alpha value is -4.27. The van der Waals surface area contributed by atoms with E-state index in [9.17, 15) is 14.4 Å². The van der Waals surface area contributed by atoms with Crippen molar-refractivity contribution in [1.82, 2.24) is 19.4 Å². The van der Waals surface area contributed by atoms with E-state index in [1.54, 1.807) is 30.3 Å². The van der Waals surface area contributed by atoms with Gasteiger partial charge in [0.1, 0.15) is 6.54 Å². The predicted molar refractivity (Wildman–Crippen MR) is 109 cm³/mol. The van der Waals surface area contributed by atoms with Crippen LogP contribution in [0.1, 0.15) is 10.4 Å². The van der Waals surface area contributed by atoms with Crippen LogP contribution in [0.25, 0.3) is 16.9 Å². The van der Waals surface area contributed by atoms with Crippen LogP contribution in [-0.4, -0.2) is 38.4 Å². The molecule has 2 heterocycles. The Labute approximate surface area is 170 Å². The van der Waals surface area contributed by atoms with Crippen molar-refractivity contribution in [3.05, 3.63) is 82.8 Å². The van der Waals surface area contributed by atoms with Gasteiger partial charge in [0.2, 0.25) is 5.91 Å². The molecule has 0 aliphatic heterocycles. The number of nitrogens with zero attached hydrogens (tertiary/aromatic N) is 4. The third kappa shape index (κ3) is 3.68. The van der Waals surface area contributed by atoms with Crippen LogP contribution in [0, 0.1) is 0 Å². The highest BCUT2D eigenvalue weighted by Gasteiger charge is 2.16. The molecule has 0 bridgehead atoms. The van der Waals surface area contributed by atoms with E-state index in [4.69, 9.17) is 4.74 Å². The topological polar surface area (TPSA) is 108 Å². The maximum atomic E-state index is 12.7. The maximum Gasteiger partial charge on any atom is 0.367 e. The lowest BCUT2D eigenvalue weighted by Gasteiger charge is -2.09. The second-order valence-electron chi connectivity index (χ2n) is 6.38. The number of aromatic nitrogens is 4. The standard InChI is InChI=1S/C21H17N5O4/c1-30-20(28)15-9-5-6-10-17(15)22-19(27)13-25-21(29)26-18(24-25)12-11-16(23-26)14-7-3-2-4-8-14/h2-12H,13H2,1H3,(H,22,27). The molecule has 0 atom stereocenters. The minimum atomic E-state index is -0.576. The van der Waals surface area contributed by atoms with Crippen LogP contribution in [0.3, 0.4) is 0 Å². The Morgan fingerprint density at radius 1 is 0.967 bits per heavy atom. The third-order valence-electron chi connectivity index (χ3n) is 4.41. The van der Waals surface area contributed by atoms with Gasteiger partial charge < -0.3 is 10.1 Å². The number of fused-ring (bicyclic) bond motifs is 1. The largest absolute Gasteiger partial charge is 0.465 e. The van der Waals surface area contributed by atoms with Crippen molar-refractivity contribution in [1.29, 1.82) is 0 Å². The normalized spacial score (nSPS) is 10.7. The molecule has 2 aromatic heterocycles.